The Morgan fingerprint density at radius 1 is 1.18 bits per heavy atom. The van der Waals surface area contributed by atoms with Crippen LogP contribution in [-0.4, -0.2) is 26.2 Å². The number of benzene rings is 1. The highest BCUT2D eigenvalue weighted by Gasteiger charge is 2.00. The van der Waals surface area contributed by atoms with Crippen LogP contribution in [0, 0.1) is 6.92 Å². The standard InChI is InChI=1S/C16H21N3OS.HI/c1-13-6-3-4-8-15(13)20-10-9-18-16(17-2)19-12-14-7-5-11-21-14;/h3-8,11H,9-10,12H2,1-2H3,(H2,17,18,19);1H. The second-order valence-electron chi connectivity index (χ2n) is 4.55. The van der Waals surface area contributed by atoms with Gasteiger partial charge in [-0.3, -0.25) is 4.99 Å². The van der Waals surface area contributed by atoms with Crippen molar-refractivity contribution in [3.63, 3.8) is 0 Å². The quantitative estimate of drug-likeness (QED) is 0.319. The van der Waals surface area contributed by atoms with Crippen molar-refractivity contribution in [3.8, 4) is 5.75 Å². The minimum Gasteiger partial charge on any atom is -0.491 e. The molecule has 1 heterocycles. The largest absolute Gasteiger partial charge is 0.491 e. The van der Waals surface area contributed by atoms with E-state index in [2.05, 4.69) is 27.1 Å². The van der Waals surface area contributed by atoms with E-state index in [0.717, 1.165) is 23.8 Å². The van der Waals surface area contributed by atoms with E-state index < -0.39 is 0 Å². The normalized spacial score (nSPS) is 10.7. The van der Waals surface area contributed by atoms with Crippen molar-refractivity contribution in [2.75, 3.05) is 20.2 Å². The van der Waals surface area contributed by atoms with Crippen LogP contribution >= 0.6 is 35.3 Å². The van der Waals surface area contributed by atoms with Crippen molar-refractivity contribution in [1.29, 1.82) is 0 Å². The molecule has 0 amide bonds. The van der Waals surface area contributed by atoms with Crippen molar-refractivity contribution in [1.82, 2.24) is 10.6 Å². The zero-order valence-electron chi connectivity index (χ0n) is 12.8. The van der Waals surface area contributed by atoms with Gasteiger partial charge in [0.2, 0.25) is 0 Å². The second kappa shape index (κ2) is 10.4. The number of rotatable bonds is 6. The molecule has 120 valence electrons. The van der Waals surface area contributed by atoms with Crippen molar-refractivity contribution < 1.29 is 4.74 Å². The predicted molar refractivity (Wildman–Crippen MR) is 105 cm³/mol. The Morgan fingerprint density at radius 3 is 2.68 bits per heavy atom. The fraction of sp³-hybridized carbons (Fsp3) is 0.312. The van der Waals surface area contributed by atoms with E-state index in [0.29, 0.717) is 13.2 Å². The number of thiophene rings is 1. The van der Waals surface area contributed by atoms with Crippen LogP contribution in [0.5, 0.6) is 5.75 Å². The van der Waals surface area contributed by atoms with Crippen LogP contribution in [0.1, 0.15) is 10.4 Å². The van der Waals surface area contributed by atoms with Crippen molar-refractivity contribution in [2.45, 2.75) is 13.5 Å². The SMILES string of the molecule is CN=C(NCCOc1ccccc1C)NCc1cccs1.I. The van der Waals surface area contributed by atoms with Crippen molar-refractivity contribution >= 4 is 41.3 Å². The lowest BCUT2D eigenvalue weighted by Gasteiger charge is -2.12. The molecule has 0 spiro atoms. The van der Waals surface area contributed by atoms with E-state index in [9.17, 15) is 0 Å². The zero-order chi connectivity index (χ0) is 14.9. The van der Waals surface area contributed by atoms with Crippen molar-refractivity contribution in [2.24, 2.45) is 4.99 Å². The van der Waals surface area contributed by atoms with E-state index in [1.54, 1.807) is 18.4 Å². The Bertz CT molecular complexity index is 573. The number of aliphatic imine (C=N–C) groups is 1. The molecule has 0 radical (unpaired) electrons. The summed E-state index contributed by atoms with van der Waals surface area (Å²) in [6.45, 7) is 4.14. The number of para-hydroxylation sites is 1. The van der Waals surface area contributed by atoms with Gasteiger partial charge in [0, 0.05) is 11.9 Å². The maximum absolute atomic E-state index is 5.74. The van der Waals surface area contributed by atoms with E-state index in [4.69, 9.17) is 4.74 Å². The Morgan fingerprint density at radius 2 is 2.00 bits per heavy atom. The summed E-state index contributed by atoms with van der Waals surface area (Å²) in [6, 6.07) is 12.2. The highest BCUT2D eigenvalue weighted by molar-refractivity contribution is 14.0. The maximum Gasteiger partial charge on any atom is 0.191 e. The van der Waals surface area contributed by atoms with Crippen LogP contribution in [0.3, 0.4) is 0 Å². The number of nitrogens with zero attached hydrogens (tertiary/aromatic N) is 1. The first kappa shape index (κ1) is 18.8. The molecule has 0 atom stereocenters. The molecule has 1 aromatic carbocycles. The molecule has 0 aliphatic heterocycles. The van der Waals surface area contributed by atoms with Gasteiger partial charge in [-0.25, -0.2) is 0 Å². The molecule has 4 nitrogen and oxygen atoms in total. The van der Waals surface area contributed by atoms with Gasteiger partial charge in [0.1, 0.15) is 12.4 Å². The summed E-state index contributed by atoms with van der Waals surface area (Å²) in [5, 5.41) is 8.59. The molecule has 2 aromatic rings. The third-order valence-corrected chi connectivity index (χ3v) is 3.86. The third kappa shape index (κ3) is 6.23. The van der Waals surface area contributed by atoms with E-state index in [1.807, 2.05) is 37.3 Å². The average Bonchev–Trinajstić information content (AvgIpc) is 3.01. The van der Waals surface area contributed by atoms with Crippen LogP contribution in [0.15, 0.2) is 46.8 Å². The number of ether oxygens (including phenoxy) is 1. The number of halogens is 1. The van der Waals surface area contributed by atoms with Gasteiger partial charge in [-0.15, -0.1) is 35.3 Å². The number of nitrogens with one attached hydrogen (secondary N) is 2. The topological polar surface area (TPSA) is 45.7 Å². The summed E-state index contributed by atoms with van der Waals surface area (Å²) in [7, 11) is 1.77. The molecule has 2 N–H and O–H groups in total. The monoisotopic (exact) mass is 431 g/mol. The van der Waals surface area contributed by atoms with Crippen LogP contribution in [0.25, 0.3) is 0 Å². The highest BCUT2D eigenvalue weighted by atomic mass is 127. The van der Waals surface area contributed by atoms with E-state index >= 15 is 0 Å². The van der Waals surface area contributed by atoms with Gasteiger partial charge in [-0.2, -0.15) is 0 Å². The van der Waals surface area contributed by atoms with Gasteiger partial charge in [-0.1, -0.05) is 24.3 Å². The number of guanidine groups is 1. The number of aryl methyl sites for hydroxylation is 1. The molecular weight excluding hydrogens is 409 g/mol. The predicted octanol–water partition coefficient (Wildman–Crippen LogP) is 3.42. The van der Waals surface area contributed by atoms with Crippen LogP contribution in [0.4, 0.5) is 0 Å². The molecule has 0 aliphatic rings. The highest BCUT2D eigenvalue weighted by Crippen LogP contribution is 2.15. The Labute approximate surface area is 153 Å². The van der Waals surface area contributed by atoms with Crippen molar-refractivity contribution in [3.05, 3.63) is 52.2 Å². The minimum absolute atomic E-state index is 0. The number of hydrogen-bond acceptors (Lipinski definition) is 3. The smallest absolute Gasteiger partial charge is 0.191 e. The molecule has 22 heavy (non-hydrogen) atoms. The van der Waals surface area contributed by atoms with Crippen LogP contribution < -0.4 is 15.4 Å². The number of hydrogen-bond donors (Lipinski definition) is 2. The Hall–Kier alpha value is -1.28. The molecule has 0 saturated carbocycles. The Kier molecular flexibility index (Phi) is 8.91. The third-order valence-electron chi connectivity index (χ3n) is 2.98. The second-order valence-corrected chi connectivity index (χ2v) is 5.58. The van der Waals surface area contributed by atoms with E-state index in [1.165, 1.54) is 4.88 Å². The molecular formula is C16H22IN3OS. The lowest BCUT2D eigenvalue weighted by atomic mass is 10.2. The molecule has 0 saturated heterocycles. The van der Waals surface area contributed by atoms with Gasteiger partial charge in [0.15, 0.2) is 5.96 Å². The van der Waals surface area contributed by atoms with Crippen LogP contribution in [-0.2, 0) is 6.54 Å². The molecule has 0 bridgehead atoms. The summed E-state index contributed by atoms with van der Waals surface area (Å²) in [5.74, 6) is 1.72. The Balaban J connectivity index is 0.00000242. The van der Waals surface area contributed by atoms with Crippen LogP contribution in [0.2, 0.25) is 0 Å². The average molecular weight is 431 g/mol. The van der Waals surface area contributed by atoms with Gasteiger partial charge < -0.3 is 15.4 Å². The van der Waals surface area contributed by atoms with Gasteiger partial charge in [-0.05, 0) is 30.0 Å². The zero-order valence-corrected chi connectivity index (χ0v) is 16.0. The van der Waals surface area contributed by atoms with Gasteiger partial charge >= 0.3 is 0 Å². The summed E-state index contributed by atoms with van der Waals surface area (Å²) in [6.07, 6.45) is 0. The first-order chi connectivity index (χ1) is 10.3. The summed E-state index contributed by atoms with van der Waals surface area (Å²) in [5.41, 5.74) is 1.15. The van der Waals surface area contributed by atoms with Gasteiger partial charge in [0.05, 0.1) is 13.1 Å². The molecule has 2 rings (SSSR count). The molecule has 1 aromatic heterocycles. The first-order valence-electron chi connectivity index (χ1n) is 6.95. The minimum atomic E-state index is 0. The lowest BCUT2D eigenvalue weighted by Crippen LogP contribution is -2.38. The lowest BCUT2D eigenvalue weighted by molar-refractivity contribution is 0.320. The fourth-order valence-electron chi connectivity index (χ4n) is 1.85. The molecule has 6 heteroatoms. The molecule has 0 fully saturated rings. The fourth-order valence-corrected chi connectivity index (χ4v) is 2.50. The maximum atomic E-state index is 5.74. The summed E-state index contributed by atoms with van der Waals surface area (Å²) in [4.78, 5) is 5.48. The van der Waals surface area contributed by atoms with E-state index in [-0.39, 0.29) is 24.0 Å². The summed E-state index contributed by atoms with van der Waals surface area (Å²) >= 11 is 1.73. The molecule has 0 aliphatic carbocycles. The summed E-state index contributed by atoms with van der Waals surface area (Å²) < 4.78 is 5.74. The molecule has 0 unspecified atom stereocenters. The first-order valence-corrected chi connectivity index (χ1v) is 7.83. The van der Waals surface area contributed by atoms with Gasteiger partial charge in [0.25, 0.3) is 0 Å².